The Bertz CT molecular complexity index is 392. The number of nitrogens with one attached hydrogen (secondary N) is 1. The zero-order valence-corrected chi connectivity index (χ0v) is 11.5. The van der Waals surface area contributed by atoms with E-state index in [1.165, 1.54) is 19.5 Å². The van der Waals surface area contributed by atoms with Crippen molar-refractivity contribution in [3.8, 4) is 5.88 Å². The largest absolute Gasteiger partial charge is 0.472 e. The lowest BCUT2D eigenvalue weighted by Gasteiger charge is -2.22. The molecule has 7 heteroatoms. The van der Waals surface area contributed by atoms with E-state index >= 15 is 0 Å². The third-order valence-electron chi connectivity index (χ3n) is 1.88. The van der Waals surface area contributed by atoms with Gasteiger partial charge in [0.1, 0.15) is 12.2 Å². The highest BCUT2D eigenvalue weighted by molar-refractivity contribution is 5.67. The number of hydrogen-bond acceptors (Lipinski definition) is 6. The van der Waals surface area contributed by atoms with Gasteiger partial charge >= 0.3 is 6.09 Å². The van der Waals surface area contributed by atoms with E-state index in [9.17, 15) is 4.79 Å². The van der Waals surface area contributed by atoms with Crippen LogP contribution in [-0.2, 0) is 9.47 Å². The molecule has 0 aliphatic rings. The number of methoxy groups -OCH3 is 1. The Morgan fingerprint density at radius 2 is 2.16 bits per heavy atom. The molecule has 0 aliphatic carbocycles. The van der Waals surface area contributed by atoms with Crippen LogP contribution in [0.1, 0.15) is 20.8 Å². The van der Waals surface area contributed by atoms with Crippen LogP contribution < -0.4 is 10.1 Å². The molecule has 1 unspecified atom stereocenters. The van der Waals surface area contributed by atoms with Crippen LogP contribution in [0, 0.1) is 0 Å². The number of aromatic nitrogens is 2. The Hall–Kier alpha value is -1.89. The first-order chi connectivity index (χ1) is 8.90. The molecule has 0 saturated heterocycles. The maximum atomic E-state index is 11.5. The third kappa shape index (κ3) is 6.56. The van der Waals surface area contributed by atoms with Crippen LogP contribution in [0.2, 0.25) is 0 Å². The smallest absolute Gasteiger partial charge is 0.409 e. The molecular weight excluding hydrogens is 250 g/mol. The summed E-state index contributed by atoms with van der Waals surface area (Å²) in [7, 11) is 1.46. The van der Waals surface area contributed by atoms with Crippen molar-refractivity contribution in [1.82, 2.24) is 15.3 Å². The number of carbonyl (C=O) groups is 1. The zero-order valence-electron chi connectivity index (χ0n) is 11.5. The fourth-order valence-electron chi connectivity index (χ4n) is 1.13. The molecule has 1 amide bonds. The molecule has 1 heterocycles. The highest BCUT2D eigenvalue weighted by Gasteiger charge is 2.19. The monoisotopic (exact) mass is 269 g/mol. The van der Waals surface area contributed by atoms with Crippen molar-refractivity contribution in [3.63, 3.8) is 0 Å². The van der Waals surface area contributed by atoms with Gasteiger partial charge in [0.2, 0.25) is 5.88 Å². The summed E-state index contributed by atoms with van der Waals surface area (Å²) in [4.78, 5) is 19.3. The number of alkyl carbamates (subject to hydrolysis) is 1. The number of rotatable bonds is 5. The molecule has 0 saturated carbocycles. The summed E-state index contributed by atoms with van der Waals surface area (Å²) in [6, 6.07) is 0. The highest BCUT2D eigenvalue weighted by Crippen LogP contribution is 2.07. The van der Waals surface area contributed by atoms with Crippen LogP contribution in [0.5, 0.6) is 5.88 Å². The van der Waals surface area contributed by atoms with Crippen LogP contribution in [-0.4, -0.2) is 41.6 Å². The van der Waals surface area contributed by atoms with Gasteiger partial charge in [-0.2, -0.15) is 0 Å². The Kier molecular flexibility index (Phi) is 5.50. The van der Waals surface area contributed by atoms with Gasteiger partial charge in [0, 0.05) is 19.5 Å². The van der Waals surface area contributed by atoms with E-state index in [1.54, 1.807) is 27.0 Å². The summed E-state index contributed by atoms with van der Waals surface area (Å²) >= 11 is 0. The summed E-state index contributed by atoms with van der Waals surface area (Å²) in [5.74, 6) is 0.357. The van der Waals surface area contributed by atoms with E-state index in [0.29, 0.717) is 5.88 Å². The number of hydrogen-bond donors (Lipinski definition) is 1. The van der Waals surface area contributed by atoms with Gasteiger partial charge in [-0.15, -0.1) is 0 Å². The van der Waals surface area contributed by atoms with Crippen LogP contribution in [0.25, 0.3) is 0 Å². The SMILES string of the molecule is COC(COc1cnccn1)NC(=O)OC(C)(C)C. The van der Waals surface area contributed by atoms with E-state index in [2.05, 4.69) is 15.3 Å². The second-order valence-corrected chi connectivity index (χ2v) is 4.73. The lowest BCUT2D eigenvalue weighted by atomic mass is 10.2. The van der Waals surface area contributed by atoms with Gasteiger partial charge in [0.15, 0.2) is 6.23 Å². The Morgan fingerprint density at radius 3 is 2.68 bits per heavy atom. The lowest BCUT2D eigenvalue weighted by molar-refractivity contribution is 0.00681. The fourth-order valence-corrected chi connectivity index (χ4v) is 1.13. The van der Waals surface area contributed by atoms with Gasteiger partial charge in [-0.3, -0.25) is 10.3 Å². The van der Waals surface area contributed by atoms with Crippen molar-refractivity contribution >= 4 is 6.09 Å². The van der Waals surface area contributed by atoms with Crippen molar-refractivity contribution in [1.29, 1.82) is 0 Å². The van der Waals surface area contributed by atoms with Crippen LogP contribution in [0.4, 0.5) is 4.79 Å². The van der Waals surface area contributed by atoms with Crippen LogP contribution in [0.15, 0.2) is 18.6 Å². The molecule has 0 spiro atoms. The summed E-state index contributed by atoms with van der Waals surface area (Å²) in [6.07, 6.45) is 3.33. The second-order valence-electron chi connectivity index (χ2n) is 4.73. The van der Waals surface area contributed by atoms with Crippen molar-refractivity contribution < 1.29 is 19.0 Å². The molecule has 7 nitrogen and oxygen atoms in total. The molecule has 1 N–H and O–H groups in total. The molecule has 0 fully saturated rings. The molecule has 0 aromatic carbocycles. The minimum Gasteiger partial charge on any atom is -0.472 e. The predicted octanol–water partition coefficient (Wildman–Crippen LogP) is 1.35. The molecule has 0 bridgehead atoms. The first-order valence-corrected chi connectivity index (χ1v) is 5.82. The first kappa shape index (κ1) is 15.2. The Balaban J connectivity index is 2.39. The predicted molar refractivity (Wildman–Crippen MR) is 67.7 cm³/mol. The number of nitrogens with zero attached hydrogens (tertiary/aromatic N) is 2. The van der Waals surface area contributed by atoms with E-state index in [0.717, 1.165) is 0 Å². The Morgan fingerprint density at radius 1 is 1.42 bits per heavy atom. The van der Waals surface area contributed by atoms with Gasteiger partial charge < -0.3 is 14.2 Å². The van der Waals surface area contributed by atoms with Gasteiger partial charge in [-0.05, 0) is 20.8 Å². The van der Waals surface area contributed by atoms with E-state index in [4.69, 9.17) is 14.2 Å². The second kappa shape index (κ2) is 6.89. The van der Waals surface area contributed by atoms with Crippen molar-refractivity contribution in [2.45, 2.75) is 32.6 Å². The van der Waals surface area contributed by atoms with Gasteiger partial charge in [-0.25, -0.2) is 9.78 Å². The first-order valence-electron chi connectivity index (χ1n) is 5.82. The fraction of sp³-hybridized carbons (Fsp3) is 0.583. The van der Waals surface area contributed by atoms with Crippen molar-refractivity contribution in [3.05, 3.63) is 18.6 Å². The molecule has 1 aromatic heterocycles. The van der Waals surface area contributed by atoms with Crippen LogP contribution in [0.3, 0.4) is 0 Å². The molecule has 106 valence electrons. The molecule has 1 atom stereocenters. The maximum Gasteiger partial charge on any atom is 0.409 e. The topological polar surface area (TPSA) is 82.6 Å². The average molecular weight is 269 g/mol. The maximum absolute atomic E-state index is 11.5. The highest BCUT2D eigenvalue weighted by atomic mass is 16.6. The summed E-state index contributed by atoms with van der Waals surface area (Å²) in [5.41, 5.74) is -0.561. The molecule has 0 radical (unpaired) electrons. The number of ether oxygens (including phenoxy) is 3. The molecule has 0 aliphatic heterocycles. The minimum absolute atomic E-state index is 0.106. The van der Waals surface area contributed by atoms with Crippen LogP contribution >= 0.6 is 0 Å². The lowest BCUT2D eigenvalue weighted by Crippen LogP contribution is -2.43. The molecule has 1 rings (SSSR count). The third-order valence-corrected chi connectivity index (χ3v) is 1.88. The van der Waals surface area contributed by atoms with Crippen molar-refractivity contribution in [2.24, 2.45) is 0 Å². The Labute approximate surface area is 112 Å². The van der Waals surface area contributed by atoms with Crippen molar-refractivity contribution in [2.75, 3.05) is 13.7 Å². The van der Waals surface area contributed by atoms with Gasteiger partial charge in [-0.1, -0.05) is 0 Å². The minimum atomic E-state index is -0.628. The molecular formula is C12H19N3O4. The van der Waals surface area contributed by atoms with E-state index < -0.39 is 17.9 Å². The standard InChI is InChI=1S/C12H19N3O4/c1-12(2,3)19-11(16)15-10(17-4)8-18-9-7-13-5-6-14-9/h5-7,10H,8H2,1-4H3,(H,15,16). The van der Waals surface area contributed by atoms with Gasteiger partial charge in [0.25, 0.3) is 0 Å². The molecule has 1 aromatic rings. The number of amides is 1. The zero-order chi connectivity index (χ0) is 14.3. The number of carbonyl (C=O) groups excluding carboxylic acids is 1. The summed E-state index contributed by atoms with van der Waals surface area (Å²) < 4.78 is 15.5. The average Bonchev–Trinajstić information content (AvgIpc) is 2.33. The van der Waals surface area contributed by atoms with E-state index in [-0.39, 0.29) is 6.61 Å². The molecule has 19 heavy (non-hydrogen) atoms. The normalized spacial score (nSPS) is 12.6. The summed E-state index contributed by atoms with van der Waals surface area (Å²) in [5, 5.41) is 2.54. The summed E-state index contributed by atoms with van der Waals surface area (Å²) in [6.45, 7) is 5.45. The quantitative estimate of drug-likeness (QED) is 0.812. The van der Waals surface area contributed by atoms with E-state index in [1.807, 2.05) is 0 Å². The van der Waals surface area contributed by atoms with Gasteiger partial charge in [0.05, 0.1) is 6.20 Å².